The van der Waals surface area contributed by atoms with Gasteiger partial charge in [-0.1, -0.05) is 6.07 Å². The van der Waals surface area contributed by atoms with E-state index < -0.39 is 42.8 Å². The maximum absolute atomic E-state index is 14.8. The van der Waals surface area contributed by atoms with Gasteiger partial charge in [-0.05, 0) is 35.2 Å². The summed E-state index contributed by atoms with van der Waals surface area (Å²) in [6, 6.07) is 6.20. The Morgan fingerprint density at radius 3 is 2.70 bits per heavy atom. The maximum atomic E-state index is 14.8. The van der Waals surface area contributed by atoms with Gasteiger partial charge in [-0.25, -0.2) is 18.6 Å². The van der Waals surface area contributed by atoms with E-state index >= 15 is 0 Å². The highest BCUT2D eigenvalue weighted by molar-refractivity contribution is 5.83. The molecule has 11 heteroatoms. The molecule has 0 amide bonds. The molecule has 0 unspecified atom stereocenters. The molecule has 0 saturated heterocycles. The van der Waals surface area contributed by atoms with Crippen LogP contribution in [-0.4, -0.2) is 34.9 Å². The molecule has 3 heterocycles. The van der Waals surface area contributed by atoms with Gasteiger partial charge in [-0.15, -0.1) is 0 Å². The van der Waals surface area contributed by atoms with Crippen molar-refractivity contribution in [1.29, 1.82) is 0 Å². The lowest BCUT2D eigenvalue weighted by Gasteiger charge is -2.36. The molecule has 0 saturated carbocycles. The first-order valence-electron chi connectivity index (χ1n) is 9.70. The zero-order chi connectivity index (χ0) is 23.8. The van der Waals surface area contributed by atoms with Gasteiger partial charge in [0.2, 0.25) is 5.69 Å². The van der Waals surface area contributed by atoms with Crippen LogP contribution in [0.1, 0.15) is 23.2 Å². The smallest absolute Gasteiger partial charge is 0.425 e. The maximum Gasteiger partial charge on any atom is 0.425 e. The van der Waals surface area contributed by atoms with E-state index in [1.165, 1.54) is 24.5 Å². The van der Waals surface area contributed by atoms with Crippen LogP contribution in [0.25, 0.3) is 15.7 Å². The zero-order valence-electron chi connectivity index (χ0n) is 16.9. The fourth-order valence-corrected chi connectivity index (χ4v) is 3.82. The van der Waals surface area contributed by atoms with Gasteiger partial charge >= 0.3 is 6.18 Å². The third-order valence-electron chi connectivity index (χ3n) is 5.39. The van der Waals surface area contributed by atoms with Crippen molar-refractivity contribution in [3.8, 4) is 0 Å². The molecule has 170 valence electrons. The Hall–Kier alpha value is -3.81. The lowest BCUT2D eigenvalue weighted by atomic mass is 9.83. The Labute approximate surface area is 184 Å². The summed E-state index contributed by atoms with van der Waals surface area (Å²) in [4.78, 5) is 15.6. The first kappa shape index (κ1) is 22.4. The van der Waals surface area contributed by atoms with Crippen molar-refractivity contribution in [3.05, 3.63) is 76.8 Å². The van der Waals surface area contributed by atoms with Crippen molar-refractivity contribution in [2.75, 3.05) is 6.67 Å². The normalized spacial score (nSPS) is 20.7. The van der Waals surface area contributed by atoms with Crippen LogP contribution in [-0.2, 0) is 16.7 Å². The molecule has 1 aliphatic heterocycles. The lowest BCUT2D eigenvalue weighted by Crippen LogP contribution is -2.48. The molecule has 4 rings (SSSR count). The quantitative estimate of drug-likeness (QED) is 0.450. The minimum Gasteiger partial charge on any atom is -0.452 e. The molecule has 0 bridgehead atoms. The molecule has 3 aromatic rings. The molecule has 33 heavy (non-hydrogen) atoms. The predicted molar refractivity (Wildman–Crippen MR) is 110 cm³/mol. The van der Waals surface area contributed by atoms with Gasteiger partial charge in [0.1, 0.15) is 18.0 Å². The number of amidine groups is 1. The molecule has 0 aliphatic carbocycles. The van der Waals surface area contributed by atoms with Crippen LogP contribution in [0.5, 0.6) is 0 Å². The topological polar surface area (TPSA) is 77.8 Å². The largest absolute Gasteiger partial charge is 0.452 e. The minimum atomic E-state index is -4.84. The Morgan fingerprint density at radius 1 is 1.21 bits per heavy atom. The van der Waals surface area contributed by atoms with Crippen molar-refractivity contribution in [2.24, 2.45) is 10.7 Å². The highest BCUT2D eigenvalue weighted by Crippen LogP contribution is 2.41. The first-order valence-corrected chi connectivity index (χ1v) is 9.70. The number of alkyl halides is 4. The monoisotopic (exact) mass is 461 g/mol. The molecule has 1 aliphatic rings. The van der Waals surface area contributed by atoms with Gasteiger partial charge in [0.25, 0.3) is 6.02 Å². The van der Waals surface area contributed by atoms with E-state index in [-0.39, 0.29) is 12.0 Å². The second kappa shape index (κ2) is 8.27. The number of aromatic nitrogens is 2. The molecule has 6 nitrogen and oxygen atoms in total. The molecule has 2 N–H and O–H groups in total. The number of nitrogens with zero attached hydrogens (tertiary/aromatic N) is 4. The van der Waals surface area contributed by atoms with E-state index in [2.05, 4.69) is 24.5 Å². The molecular weight excluding hydrogens is 445 g/mol. The van der Waals surface area contributed by atoms with Crippen LogP contribution < -0.4 is 5.73 Å². The molecule has 2 atom stereocenters. The fourth-order valence-electron chi connectivity index (χ4n) is 3.82. The molecule has 0 radical (unpaired) electrons. The number of hydrogen-bond acceptors (Lipinski definition) is 5. The third kappa shape index (κ3) is 4.28. The summed E-state index contributed by atoms with van der Waals surface area (Å²) in [6.07, 6.45) is -5.16. The molecule has 0 fully saturated rings. The summed E-state index contributed by atoms with van der Waals surface area (Å²) >= 11 is 0. The summed E-state index contributed by atoms with van der Waals surface area (Å²) < 4.78 is 73.4. The number of hydrogen-bond donors (Lipinski definition) is 1. The summed E-state index contributed by atoms with van der Waals surface area (Å²) in [7, 11) is 0. The van der Waals surface area contributed by atoms with Crippen LogP contribution in [0, 0.1) is 12.4 Å². The van der Waals surface area contributed by atoms with Crippen molar-refractivity contribution in [1.82, 2.24) is 9.97 Å². The van der Waals surface area contributed by atoms with Crippen LogP contribution in [0.2, 0.25) is 0 Å². The van der Waals surface area contributed by atoms with Crippen LogP contribution in [0.3, 0.4) is 0 Å². The average molecular weight is 461 g/mol. The average Bonchev–Trinajstić information content (AvgIpc) is 2.79. The third-order valence-corrected chi connectivity index (χ3v) is 5.39. The van der Waals surface area contributed by atoms with E-state index in [1.54, 1.807) is 12.1 Å². The number of aliphatic imine (C=N–C) groups is 1. The van der Waals surface area contributed by atoms with Crippen LogP contribution >= 0.6 is 0 Å². The molecular formula is C22H16F5N5O. The number of ether oxygens (including phenoxy) is 1. The lowest BCUT2D eigenvalue weighted by molar-refractivity contribution is -0.209. The Morgan fingerprint density at radius 2 is 2.00 bits per heavy atom. The van der Waals surface area contributed by atoms with Crippen LogP contribution in [0.15, 0.2) is 47.7 Å². The summed E-state index contributed by atoms with van der Waals surface area (Å²) in [5.41, 5.74) is 4.69. The number of halogens is 5. The van der Waals surface area contributed by atoms with Gasteiger partial charge in [0.05, 0.1) is 17.8 Å². The first-order chi connectivity index (χ1) is 15.6. The number of benzene rings is 1. The van der Waals surface area contributed by atoms with E-state index in [9.17, 15) is 22.0 Å². The Bertz CT molecular complexity index is 1290. The summed E-state index contributed by atoms with van der Waals surface area (Å²) in [6.45, 7) is 5.70. The fraction of sp³-hybridized carbons (Fsp3) is 0.273. The Balaban J connectivity index is 1.75. The summed E-state index contributed by atoms with van der Waals surface area (Å²) in [5, 5.41) is 0.672. The second-order valence-electron chi connectivity index (χ2n) is 7.59. The standard InChI is InChI=1S/C22H16F5N5O/c1-29-14-8-13-4-5-30-17(19(13)31-10-14)7-12-2-3-16(24)15(6-12)21(11-23)9-18(22(25,26)27)33-20(28)32-21/h2-6,8,10,18H,7,9,11H2,(H2,28,32)/t18-,21+/m0/s1. The number of pyridine rings is 2. The van der Waals surface area contributed by atoms with Gasteiger partial charge in [0, 0.05) is 30.8 Å². The minimum absolute atomic E-state index is 0.135. The van der Waals surface area contributed by atoms with Gasteiger partial charge < -0.3 is 10.5 Å². The zero-order valence-corrected chi connectivity index (χ0v) is 16.9. The molecule has 1 aromatic carbocycles. The highest BCUT2D eigenvalue weighted by atomic mass is 19.4. The van der Waals surface area contributed by atoms with Crippen LogP contribution in [0.4, 0.5) is 27.6 Å². The van der Waals surface area contributed by atoms with Gasteiger partial charge in [-0.2, -0.15) is 13.2 Å². The van der Waals surface area contributed by atoms with E-state index in [1.807, 2.05) is 0 Å². The van der Waals surface area contributed by atoms with Gasteiger partial charge in [-0.3, -0.25) is 9.97 Å². The number of nitrogens with two attached hydrogens (primary N) is 1. The SMILES string of the molecule is [C-]#[N+]c1cnc2c(Cc3ccc(F)c([C@]4(CF)C[C@@H](C(F)(F)F)OC(N)=N4)c3)nccc2c1. The van der Waals surface area contributed by atoms with E-state index in [0.717, 1.165) is 6.07 Å². The Kier molecular flexibility index (Phi) is 5.61. The van der Waals surface area contributed by atoms with Crippen molar-refractivity contribution >= 4 is 22.6 Å². The molecule has 2 aromatic heterocycles. The predicted octanol–water partition coefficient (Wildman–Crippen LogP) is 4.74. The van der Waals surface area contributed by atoms with E-state index in [4.69, 9.17) is 12.3 Å². The van der Waals surface area contributed by atoms with Crippen molar-refractivity contribution < 1.29 is 26.7 Å². The number of fused-ring (bicyclic) bond motifs is 1. The highest BCUT2D eigenvalue weighted by Gasteiger charge is 2.52. The molecule has 0 spiro atoms. The van der Waals surface area contributed by atoms with Crippen molar-refractivity contribution in [3.63, 3.8) is 0 Å². The van der Waals surface area contributed by atoms with Crippen molar-refractivity contribution in [2.45, 2.75) is 30.7 Å². The second-order valence-corrected chi connectivity index (χ2v) is 7.59. The summed E-state index contributed by atoms with van der Waals surface area (Å²) in [5.74, 6) is -0.915. The van der Waals surface area contributed by atoms with Gasteiger partial charge in [0.15, 0.2) is 6.10 Å². The van der Waals surface area contributed by atoms with E-state index in [0.29, 0.717) is 27.8 Å². The number of rotatable bonds is 4.